The summed E-state index contributed by atoms with van der Waals surface area (Å²) in [5.74, 6) is -2.22. The van der Waals surface area contributed by atoms with E-state index in [0.717, 1.165) is 11.1 Å². The Hall–Kier alpha value is -5.25. The molecule has 3 aliphatic rings. The molecule has 0 aromatic heterocycles. The highest BCUT2D eigenvalue weighted by Crippen LogP contribution is 2.65. The smallest absolute Gasteiger partial charge is 0.324 e. The van der Waals surface area contributed by atoms with E-state index in [4.69, 9.17) is 9.47 Å². The number of amides is 2. The van der Waals surface area contributed by atoms with Crippen molar-refractivity contribution in [2.24, 2.45) is 5.92 Å². The van der Waals surface area contributed by atoms with Crippen LogP contribution in [0.5, 0.6) is 5.75 Å². The van der Waals surface area contributed by atoms with Gasteiger partial charge < -0.3 is 25.2 Å². The number of ether oxygens (including phenoxy) is 2. The number of morpholine rings is 1. The van der Waals surface area contributed by atoms with E-state index in [-0.39, 0.29) is 19.8 Å². The first kappa shape index (κ1) is 30.4. The zero-order valence-corrected chi connectivity index (χ0v) is 25.6. The SMILES string of the molecule is C=CCNC(=O)[C@@H]1[C@H]2C(=O)O[C@H](c3ccccc3)[C@H](c3ccccc3)N2[C@H](c2ccccc2OCCO)[C@@]12C(=O)Nc1ccccc12. The number of fused-ring (bicyclic) bond motifs is 3. The van der Waals surface area contributed by atoms with Crippen molar-refractivity contribution in [3.63, 3.8) is 0 Å². The van der Waals surface area contributed by atoms with Crippen molar-refractivity contribution < 1.29 is 29.0 Å². The van der Waals surface area contributed by atoms with Crippen LogP contribution < -0.4 is 15.4 Å². The average Bonchev–Trinajstić information content (AvgIpc) is 3.59. The van der Waals surface area contributed by atoms with Gasteiger partial charge in [0.1, 0.15) is 29.9 Å². The number of para-hydroxylation sites is 2. The van der Waals surface area contributed by atoms with E-state index in [0.29, 0.717) is 22.6 Å². The third-order valence-corrected chi connectivity index (χ3v) is 9.48. The lowest BCUT2D eigenvalue weighted by Gasteiger charge is -2.46. The van der Waals surface area contributed by atoms with Crippen LogP contribution in [0.3, 0.4) is 0 Å². The molecule has 0 bridgehead atoms. The zero-order chi connectivity index (χ0) is 32.5. The second kappa shape index (κ2) is 12.5. The molecule has 2 fully saturated rings. The summed E-state index contributed by atoms with van der Waals surface area (Å²) in [7, 11) is 0. The maximum absolute atomic E-state index is 14.8. The number of nitrogens with zero attached hydrogens (tertiary/aromatic N) is 1. The van der Waals surface area contributed by atoms with Gasteiger partial charge >= 0.3 is 5.97 Å². The van der Waals surface area contributed by atoms with Crippen LogP contribution in [0.1, 0.15) is 40.4 Å². The number of aliphatic hydroxyl groups excluding tert-OH is 1. The minimum atomic E-state index is -1.58. The molecule has 2 amide bonds. The Labute approximate surface area is 272 Å². The summed E-state index contributed by atoms with van der Waals surface area (Å²) < 4.78 is 12.5. The highest BCUT2D eigenvalue weighted by Gasteiger charge is 2.74. The van der Waals surface area contributed by atoms with E-state index in [2.05, 4.69) is 17.2 Å². The molecule has 0 unspecified atom stereocenters. The van der Waals surface area contributed by atoms with Crippen molar-refractivity contribution in [1.29, 1.82) is 0 Å². The molecule has 0 aliphatic carbocycles. The fourth-order valence-corrected chi connectivity index (χ4v) is 7.80. The number of nitrogens with one attached hydrogen (secondary N) is 2. The molecule has 9 heteroatoms. The molecule has 3 aliphatic heterocycles. The number of benzene rings is 4. The standard InChI is InChI=1S/C38H35N3O6/c1-2-21-39-35(43)30-32-36(44)47-33(25-15-7-4-8-16-25)31(24-13-5-3-6-14-24)41(32)34(26-17-9-12-20-29(26)46-23-22-42)38(30)27-18-10-11-19-28(27)40-37(38)45/h2-20,30-34,42H,1,21-23H2,(H,39,43)(H,40,45)/t30-,31-,32-,33+,34+,38-/m0/s1. The minimum Gasteiger partial charge on any atom is -0.491 e. The lowest BCUT2D eigenvalue weighted by molar-refractivity contribution is -0.178. The lowest BCUT2D eigenvalue weighted by Crippen LogP contribution is -2.54. The molecule has 3 heterocycles. The first-order chi connectivity index (χ1) is 23.0. The van der Waals surface area contributed by atoms with Crippen LogP contribution in [-0.2, 0) is 24.5 Å². The van der Waals surface area contributed by atoms with Gasteiger partial charge in [-0.25, -0.2) is 0 Å². The summed E-state index contributed by atoms with van der Waals surface area (Å²) in [5.41, 5.74) is 1.84. The normalized spacial score (nSPS) is 26.2. The molecular formula is C38H35N3O6. The first-order valence-electron chi connectivity index (χ1n) is 15.7. The second-order valence-corrected chi connectivity index (χ2v) is 11.9. The number of anilines is 1. The van der Waals surface area contributed by atoms with Crippen LogP contribution in [0.4, 0.5) is 5.69 Å². The van der Waals surface area contributed by atoms with Crippen LogP contribution in [0, 0.1) is 5.92 Å². The Balaban J connectivity index is 1.57. The van der Waals surface area contributed by atoms with Crippen LogP contribution in [0.15, 0.2) is 122 Å². The van der Waals surface area contributed by atoms with Gasteiger partial charge in [0.25, 0.3) is 0 Å². The van der Waals surface area contributed by atoms with E-state index in [1.165, 1.54) is 0 Å². The Kier molecular flexibility index (Phi) is 8.09. The Morgan fingerprint density at radius 1 is 0.915 bits per heavy atom. The molecule has 4 aromatic carbocycles. The number of rotatable bonds is 9. The third-order valence-electron chi connectivity index (χ3n) is 9.48. The van der Waals surface area contributed by atoms with Gasteiger partial charge in [-0.15, -0.1) is 6.58 Å². The van der Waals surface area contributed by atoms with Crippen molar-refractivity contribution in [2.75, 3.05) is 25.1 Å². The molecule has 1 spiro atoms. The fraction of sp³-hybridized carbons (Fsp3) is 0.237. The predicted molar refractivity (Wildman–Crippen MR) is 175 cm³/mol. The van der Waals surface area contributed by atoms with Crippen molar-refractivity contribution in [3.8, 4) is 5.75 Å². The number of hydrogen-bond acceptors (Lipinski definition) is 7. The van der Waals surface area contributed by atoms with E-state index >= 15 is 0 Å². The number of hydrogen-bond donors (Lipinski definition) is 3. The largest absolute Gasteiger partial charge is 0.491 e. The molecule has 0 saturated carbocycles. The maximum Gasteiger partial charge on any atom is 0.324 e. The molecule has 4 aromatic rings. The van der Waals surface area contributed by atoms with Gasteiger partial charge in [-0.2, -0.15) is 0 Å². The number of carbonyl (C=O) groups excluding carboxylic acids is 3. The first-order valence-corrected chi connectivity index (χ1v) is 15.7. The van der Waals surface area contributed by atoms with Crippen LogP contribution >= 0.6 is 0 Å². The van der Waals surface area contributed by atoms with Crippen LogP contribution in [0.2, 0.25) is 0 Å². The second-order valence-electron chi connectivity index (χ2n) is 11.9. The number of carbonyl (C=O) groups is 3. The summed E-state index contributed by atoms with van der Waals surface area (Å²) in [5, 5.41) is 15.7. The average molecular weight is 630 g/mol. The van der Waals surface area contributed by atoms with Crippen molar-refractivity contribution >= 4 is 23.5 Å². The summed E-state index contributed by atoms with van der Waals surface area (Å²) in [6.45, 7) is 3.70. The summed E-state index contributed by atoms with van der Waals surface area (Å²) in [6, 6.07) is 31.2. The van der Waals surface area contributed by atoms with Gasteiger partial charge in [0.05, 0.1) is 24.6 Å². The van der Waals surface area contributed by atoms with Crippen molar-refractivity contribution in [2.45, 2.75) is 29.6 Å². The predicted octanol–water partition coefficient (Wildman–Crippen LogP) is 4.63. The molecule has 9 nitrogen and oxygen atoms in total. The summed E-state index contributed by atoms with van der Waals surface area (Å²) in [4.78, 5) is 45.9. The quantitative estimate of drug-likeness (QED) is 0.183. The molecular weight excluding hydrogens is 594 g/mol. The molecule has 6 atom stereocenters. The molecule has 0 radical (unpaired) electrons. The third kappa shape index (κ3) is 4.81. The molecule has 3 N–H and O–H groups in total. The van der Waals surface area contributed by atoms with Gasteiger partial charge in [-0.3, -0.25) is 19.3 Å². The number of aliphatic hydroxyl groups is 1. The molecule has 7 rings (SSSR count). The maximum atomic E-state index is 14.8. The minimum absolute atomic E-state index is 0.0169. The Morgan fingerprint density at radius 2 is 1.57 bits per heavy atom. The number of cyclic esters (lactones) is 1. The summed E-state index contributed by atoms with van der Waals surface area (Å²) >= 11 is 0. The highest BCUT2D eigenvalue weighted by molar-refractivity contribution is 6.12. The van der Waals surface area contributed by atoms with Crippen molar-refractivity contribution in [3.05, 3.63) is 144 Å². The van der Waals surface area contributed by atoms with E-state index < -0.39 is 53.3 Å². The molecule has 2 saturated heterocycles. The monoisotopic (exact) mass is 629 g/mol. The van der Waals surface area contributed by atoms with E-state index in [1.807, 2.05) is 108 Å². The van der Waals surface area contributed by atoms with Gasteiger partial charge in [0.2, 0.25) is 11.8 Å². The van der Waals surface area contributed by atoms with Crippen LogP contribution in [-0.4, -0.2) is 53.6 Å². The van der Waals surface area contributed by atoms with Crippen LogP contribution in [0.25, 0.3) is 0 Å². The zero-order valence-electron chi connectivity index (χ0n) is 25.6. The van der Waals surface area contributed by atoms with Gasteiger partial charge in [0, 0.05) is 17.8 Å². The van der Waals surface area contributed by atoms with Crippen molar-refractivity contribution in [1.82, 2.24) is 10.2 Å². The highest BCUT2D eigenvalue weighted by atomic mass is 16.6. The van der Waals surface area contributed by atoms with Gasteiger partial charge in [-0.05, 0) is 28.8 Å². The lowest BCUT2D eigenvalue weighted by atomic mass is 9.65. The van der Waals surface area contributed by atoms with Gasteiger partial charge in [0.15, 0.2) is 0 Å². The molecule has 47 heavy (non-hydrogen) atoms. The Morgan fingerprint density at radius 3 is 2.30 bits per heavy atom. The Bertz CT molecular complexity index is 1810. The van der Waals surface area contributed by atoms with Gasteiger partial charge in [-0.1, -0.05) is 103 Å². The number of esters is 1. The van der Waals surface area contributed by atoms with E-state index in [9.17, 15) is 19.5 Å². The molecule has 238 valence electrons. The van der Waals surface area contributed by atoms with E-state index in [1.54, 1.807) is 12.1 Å². The fourth-order valence-electron chi connectivity index (χ4n) is 7.80. The summed E-state index contributed by atoms with van der Waals surface area (Å²) in [6.07, 6.45) is 0.800. The topological polar surface area (TPSA) is 117 Å².